The summed E-state index contributed by atoms with van der Waals surface area (Å²) in [6, 6.07) is 6.61. The maximum Gasteiger partial charge on any atom is 0.308 e. The summed E-state index contributed by atoms with van der Waals surface area (Å²) in [5.74, 6) is -1.16. The van der Waals surface area contributed by atoms with E-state index in [0.29, 0.717) is 29.6 Å². The van der Waals surface area contributed by atoms with E-state index in [1.54, 1.807) is 0 Å². The second-order valence-corrected chi connectivity index (χ2v) is 7.76. The van der Waals surface area contributed by atoms with E-state index in [9.17, 15) is 14.4 Å². The van der Waals surface area contributed by atoms with Gasteiger partial charge in [0.1, 0.15) is 10.9 Å². The van der Waals surface area contributed by atoms with Gasteiger partial charge in [-0.15, -0.1) is 11.3 Å². The smallest absolute Gasteiger partial charge is 0.308 e. The van der Waals surface area contributed by atoms with E-state index in [4.69, 9.17) is 16.3 Å². The number of hydrogen-bond donors (Lipinski definition) is 1. The van der Waals surface area contributed by atoms with Crippen LogP contribution in [0.3, 0.4) is 0 Å². The molecule has 1 aromatic heterocycles. The van der Waals surface area contributed by atoms with E-state index >= 15 is 0 Å². The summed E-state index contributed by atoms with van der Waals surface area (Å²) in [6.45, 7) is 2.98. The minimum Gasteiger partial charge on any atom is -0.466 e. The molecule has 1 aliphatic heterocycles. The number of esters is 1. The SMILES string of the molecule is CCCCOC(=O)CC1C(=O)NCCN1C(=O)c1sc2ccccc2c1Cl. The molecule has 0 aliphatic carbocycles. The maximum absolute atomic E-state index is 13.1. The molecule has 1 aliphatic rings. The summed E-state index contributed by atoms with van der Waals surface area (Å²) >= 11 is 7.71. The number of unbranched alkanes of at least 4 members (excludes halogenated alkanes) is 1. The molecule has 3 rings (SSSR count). The number of amides is 2. The zero-order valence-corrected chi connectivity index (χ0v) is 16.6. The van der Waals surface area contributed by atoms with E-state index < -0.39 is 12.0 Å². The van der Waals surface area contributed by atoms with Crippen molar-refractivity contribution in [2.75, 3.05) is 19.7 Å². The average molecular weight is 409 g/mol. The van der Waals surface area contributed by atoms with Crippen LogP contribution in [0, 0.1) is 0 Å². The third-order valence-corrected chi connectivity index (χ3v) is 6.11. The number of ether oxygens (including phenoxy) is 1. The topological polar surface area (TPSA) is 75.7 Å². The maximum atomic E-state index is 13.1. The summed E-state index contributed by atoms with van der Waals surface area (Å²) in [5.41, 5.74) is 0. The van der Waals surface area contributed by atoms with E-state index in [0.717, 1.165) is 22.9 Å². The van der Waals surface area contributed by atoms with Crippen LogP contribution in [0.15, 0.2) is 24.3 Å². The summed E-state index contributed by atoms with van der Waals surface area (Å²) in [4.78, 5) is 39.3. The molecule has 0 bridgehead atoms. The summed E-state index contributed by atoms with van der Waals surface area (Å²) in [7, 11) is 0. The van der Waals surface area contributed by atoms with Gasteiger partial charge < -0.3 is 15.0 Å². The lowest BCUT2D eigenvalue weighted by Gasteiger charge is -2.34. The predicted octanol–water partition coefficient (Wildman–Crippen LogP) is 3.23. The molecule has 1 saturated heterocycles. The number of rotatable bonds is 6. The van der Waals surface area contributed by atoms with E-state index in [2.05, 4.69) is 5.32 Å². The van der Waals surface area contributed by atoms with Crippen LogP contribution in [0.5, 0.6) is 0 Å². The first-order valence-electron chi connectivity index (χ1n) is 8.94. The molecule has 1 N–H and O–H groups in total. The van der Waals surface area contributed by atoms with Crippen molar-refractivity contribution in [3.8, 4) is 0 Å². The molecule has 1 atom stereocenters. The Hall–Kier alpha value is -2.12. The molecule has 2 amide bonds. The van der Waals surface area contributed by atoms with Crippen LogP contribution in [0.1, 0.15) is 35.9 Å². The number of piperazine rings is 1. The van der Waals surface area contributed by atoms with E-state index in [-0.39, 0.29) is 18.2 Å². The minimum atomic E-state index is -0.887. The number of halogens is 1. The second kappa shape index (κ2) is 8.71. The molecule has 144 valence electrons. The third kappa shape index (κ3) is 4.25. The van der Waals surface area contributed by atoms with Gasteiger partial charge >= 0.3 is 5.97 Å². The number of carbonyl (C=O) groups is 3. The highest BCUT2D eigenvalue weighted by Gasteiger charge is 2.37. The highest BCUT2D eigenvalue weighted by molar-refractivity contribution is 7.21. The van der Waals surface area contributed by atoms with Crippen LogP contribution in [-0.2, 0) is 14.3 Å². The summed E-state index contributed by atoms with van der Waals surface area (Å²) < 4.78 is 6.06. The standard InChI is InChI=1S/C19H21ClN2O4S/c1-2-3-10-26-15(23)11-13-18(24)21-8-9-22(13)19(25)17-16(20)12-6-4-5-7-14(12)27-17/h4-7,13H,2-3,8-11H2,1H3,(H,21,24). The van der Waals surface area contributed by atoms with Gasteiger partial charge in [0.15, 0.2) is 0 Å². The number of hydrogen-bond acceptors (Lipinski definition) is 5. The van der Waals surface area contributed by atoms with Crippen molar-refractivity contribution in [3.05, 3.63) is 34.2 Å². The monoisotopic (exact) mass is 408 g/mol. The molecule has 2 heterocycles. The minimum absolute atomic E-state index is 0.163. The fraction of sp³-hybridized carbons (Fsp3) is 0.421. The van der Waals surface area contributed by atoms with Gasteiger partial charge in [-0.25, -0.2) is 0 Å². The van der Waals surface area contributed by atoms with Crippen LogP contribution >= 0.6 is 22.9 Å². The first-order valence-corrected chi connectivity index (χ1v) is 10.1. The molecule has 2 aromatic rings. The van der Waals surface area contributed by atoms with Crippen LogP contribution in [0.2, 0.25) is 5.02 Å². The average Bonchev–Trinajstić information content (AvgIpc) is 3.00. The zero-order chi connectivity index (χ0) is 19.4. The fourth-order valence-corrected chi connectivity index (χ4v) is 4.46. The Labute approximate surface area is 166 Å². The van der Waals surface area contributed by atoms with Crippen LogP contribution in [0.25, 0.3) is 10.1 Å². The number of benzene rings is 1. The van der Waals surface area contributed by atoms with Crippen molar-refractivity contribution in [2.45, 2.75) is 32.2 Å². The first-order chi connectivity index (χ1) is 13.0. The van der Waals surface area contributed by atoms with Crippen molar-refractivity contribution in [2.24, 2.45) is 0 Å². The fourth-order valence-electron chi connectivity index (χ4n) is 2.99. The predicted molar refractivity (Wildman–Crippen MR) is 105 cm³/mol. The lowest BCUT2D eigenvalue weighted by atomic mass is 10.1. The van der Waals surface area contributed by atoms with E-state index in [1.165, 1.54) is 16.2 Å². The molecule has 0 spiro atoms. The molecule has 1 unspecified atom stereocenters. The van der Waals surface area contributed by atoms with Crippen molar-refractivity contribution in [3.63, 3.8) is 0 Å². The Morgan fingerprint density at radius 2 is 2.15 bits per heavy atom. The summed E-state index contributed by atoms with van der Waals surface area (Å²) in [6.07, 6.45) is 1.51. The molecule has 1 aromatic carbocycles. The molecule has 6 nitrogen and oxygen atoms in total. The van der Waals surface area contributed by atoms with Gasteiger partial charge in [-0.3, -0.25) is 14.4 Å². The van der Waals surface area contributed by atoms with Gasteiger partial charge in [0.05, 0.1) is 18.1 Å². The van der Waals surface area contributed by atoms with E-state index in [1.807, 2.05) is 31.2 Å². The molecule has 27 heavy (non-hydrogen) atoms. The molecular weight excluding hydrogens is 388 g/mol. The van der Waals surface area contributed by atoms with Crippen LogP contribution < -0.4 is 5.32 Å². The number of carbonyl (C=O) groups excluding carboxylic acids is 3. The van der Waals surface area contributed by atoms with Gasteiger partial charge in [0, 0.05) is 23.2 Å². The van der Waals surface area contributed by atoms with Crippen LogP contribution in [0.4, 0.5) is 0 Å². The molecule has 1 fully saturated rings. The Bertz CT molecular complexity index is 867. The van der Waals surface area contributed by atoms with Crippen molar-refractivity contribution in [1.82, 2.24) is 10.2 Å². The van der Waals surface area contributed by atoms with Crippen molar-refractivity contribution >= 4 is 50.8 Å². The van der Waals surface area contributed by atoms with Crippen molar-refractivity contribution in [1.29, 1.82) is 0 Å². The highest BCUT2D eigenvalue weighted by Crippen LogP contribution is 2.36. The Kier molecular flexibility index (Phi) is 6.34. The molecule has 8 heteroatoms. The number of nitrogens with zero attached hydrogens (tertiary/aromatic N) is 1. The first kappa shape index (κ1) is 19.6. The largest absolute Gasteiger partial charge is 0.466 e. The Balaban J connectivity index is 1.81. The second-order valence-electron chi connectivity index (χ2n) is 6.32. The number of thiophene rings is 1. The zero-order valence-electron chi connectivity index (χ0n) is 15.0. The molecular formula is C19H21ClN2O4S. The molecule has 0 saturated carbocycles. The third-order valence-electron chi connectivity index (χ3n) is 4.44. The lowest BCUT2D eigenvalue weighted by Crippen LogP contribution is -2.57. The molecule has 0 radical (unpaired) electrons. The van der Waals surface area contributed by atoms with Gasteiger partial charge in [-0.05, 0) is 12.5 Å². The quantitative estimate of drug-likeness (QED) is 0.588. The van der Waals surface area contributed by atoms with Crippen molar-refractivity contribution < 1.29 is 19.1 Å². The van der Waals surface area contributed by atoms with Gasteiger partial charge in [-0.2, -0.15) is 0 Å². The highest BCUT2D eigenvalue weighted by atomic mass is 35.5. The number of fused-ring (bicyclic) bond motifs is 1. The van der Waals surface area contributed by atoms with Gasteiger partial charge in [0.25, 0.3) is 5.91 Å². The van der Waals surface area contributed by atoms with Gasteiger partial charge in [-0.1, -0.05) is 43.1 Å². The Morgan fingerprint density at radius 3 is 2.89 bits per heavy atom. The normalized spacial score (nSPS) is 17.0. The van der Waals surface area contributed by atoms with Gasteiger partial charge in [0.2, 0.25) is 5.91 Å². The Morgan fingerprint density at radius 1 is 1.37 bits per heavy atom. The number of nitrogens with one attached hydrogen (secondary N) is 1. The summed E-state index contributed by atoms with van der Waals surface area (Å²) in [5, 5.41) is 3.91. The lowest BCUT2D eigenvalue weighted by molar-refractivity contribution is -0.147. The van der Waals surface area contributed by atoms with Crippen LogP contribution in [-0.4, -0.2) is 48.4 Å².